The first kappa shape index (κ1) is 20.3. The number of aryl methyl sites for hydroxylation is 2. The van der Waals surface area contributed by atoms with Crippen molar-refractivity contribution in [1.29, 1.82) is 0 Å². The van der Waals surface area contributed by atoms with Crippen LogP contribution in [-0.2, 0) is 4.74 Å². The number of ether oxygens (including phenoxy) is 2. The molecule has 8 nitrogen and oxygen atoms in total. The van der Waals surface area contributed by atoms with Gasteiger partial charge in [-0.1, -0.05) is 18.2 Å². The Kier molecular flexibility index (Phi) is 5.14. The molecule has 1 fully saturated rings. The van der Waals surface area contributed by atoms with Crippen LogP contribution >= 0.6 is 0 Å². The summed E-state index contributed by atoms with van der Waals surface area (Å²) in [5.74, 6) is 0.252. The maximum absolute atomic E-state index is 13.2. The first-order valence-corrected chi connectivity index (χ1v) is 10.6. The number of carbonyl (C=O) groups excluding carboxylic acids is 1. The summed E-state index contributed by atoms with van der Waals surface area (Å²) in [6.07, 6.45) is 4.73. The van der Waals surface area contributed by atoms with Gasteiger partial charge in [0.15, 0.2) is 0 Å². The van der Waals surface area contributed by atoms with E-state index in [1.807, 2.05) is 49.0 Å². The van der Waals surface area contributed by atoms with Gasteiger partial charge in [-0.05, 0) is 37.5 Å². The minimum absolute atomic E-state index is 0.230. The molecule has 1 aliphatic rings. The second-order valence-electron chi connectivity index (χ2n) is 8.12. The van der Waals surface area contributed by atoms with E-state index in [4.69, 9.17) is 9.47 Å². The van der Waals surface area contributed by atoms with Crippen LogP contribution in [0.2, 0.25) is 0 Å². The van der Waals surface area contributed by atoms with Gasteiger partial charge in [0.1, 0.15) is 11.4 Å². The normalized spacial score (nSPS) is 15.9. The summed E-state index contributed by atoms with van der Waals surface area (Å²) in [7, 11) is 1.56. The Morgan fingerprint density at radius 1 is 1.28 bits per heavy atom. The van der Waals surface area contributed by atoms with Crippen molar-refractivity contribution in [3.63, 3.8) is 0 Å². The zero-order valence-corrected chi connectivity index (χ0v) is 18.3. The van der Waals surface area contributed by atoms with Crippen molar-refractivity contribution < 1.29 is 14.3 Å². The van der Waals surface area contributed by atoms with E-state index in [9.17, 15) is 4.79 Å². The van der Waals surface area contributed by atoms with Crippen LogP contribution in [0.4, 0.5) is 5.69 Å². The Labute approximate surface area is 185 Å². The summed E-state index contributed by atoms with van der Waals surface area (Å²) in [5, 5.41) is 15.9. The molecule has 4 aromatic rings. The smallest absolute Gasteiger partial charge is 0.259 e. The standard InChI is InChI=1S/C24H25N5O3/c1-14-5-4-6-15(2)22(14)26-24(30)19-9-18-20(10-21(19)31-3)27-28-23(18)16-11-25-29(12-16)17-7-8-32-13-17/h4-6,9-12,17H,7-8,13H2,1-3H3,(H,26,30)(H,27,28). The van der Waals surface area contributed by atoms with Crippen molar-refractivity contribution >= 4 is 22.5 Å². The molecule has 2 aromatic carbocycles. The number of aromatic amines is 1. The fourth-order valence-corrected chi connectivity index (χ4v) is 4.19. The van der Waals surface area contributed by atoms with E-state index < -0.39 is 0 Å². The van der Waals surface area contributed by atoms with E-state index in [1.54, 1.807) is 19.4 Å². The average Bonchev–Trinajstić information content (AvgIpc) is 3.55. The summed E-state index contributed by atoms with van der Waals surface area (Å²) >= 11 is 0. The van der Waals surface area contributed by atoms with Crippen LogP contribution in [-0.4, -0.2) is 46.2 Å². The molecule has 1 aliphatic heterocycles. The topological polar surface area (TPSA) is 94.1 Å². The second kappa shape index (κ2) is 8.12. The number of nitrogens with one attached hydrogen (secondary N) is 2. The van der Waals surface area contributed by atoms with E-state index in [0.29, 0.717) is 17.9 Å². The number of fused-ring (bicyclic) bond motifs is 1. The Morgan fingerprint density at radius 2 is 2.09 bits per heavy atom. The maximum Gasteiger partial charge on any atom is 0.259 e. The van der Waals surface area contributed by atoms with E-state index in [2.05, 4.69) is 20.6 Å². The third kappa shape index (κ3) is 3.52. The number of hydrogen-bond donors (Lipinski definition) is 2. The average molecular weight is 431 g/mol. The summed E-state index contributed by atoms with van der Waals surface area (Å²) in [4.78, 5) is 13.2. The fourth-order valence-electron chi connectivity index (χ4n) is 4.19. The van der Waals surface area contributed by atoms with Crippen LogP contribution in [0, 0.1) is 13.8 Å². The molecule has 1 amide bonds. The summed E-state index contributed by atoms with van der Waals surface area (Å²) in [6, 6.07) is 9.80. The van der Waals surface area contributed by atoms with E-state index >= 15 is 0 Å². The van der Waals surface area contributed by atoms with Gasteiger partial charge < -0.3 is 14.8 Å². The molecule has 1 saturated heterocycles. The lowest BCUT2D eigenvalue weighted by atomic mass is 10.0. The van der Waals surface area contributed by atoms with E-state index in [0.717, 1.165) is 52.0 Å². The van der Waals surface area contributed by atoms with E-state index in [1.165, 1.54) is 0 Å². The summed E-state index contributed by atoms with van der Waals surface area (Å²) in [5.41, 5.74) is 5.69. The number of anilines is 1. The highest BCUT2D eigenvalue weighted by Crippen LogP contribution is 2.33. The number of para-hydroxylation sites is 1. The third-order valence-corrected chi connectivity index (χ3v) is 6.00. The number of benzene rings is 2. The van der Waals surface area contributed by atoms with Gasteiger partial charge in [0.2, 0.25) is 0 Å². The number of methoxy groups -OCH3 is 1. The van der Waals surface area contributed by atoms with Crippen LogP contribution in [0.1, 0.15) is 33.9 Å². The number of amides is 1. The van der Waals surface area contributed by atoms with Crippen molar-refractivity contribution in [3.05, 3.63) is 59.4 Å². The molecule has 1 atom stereocenters. The molecule has 2 N–H and O–H groups in total. The predicted octanol–water partition coefficient (Wildman–Crippen LogP) is 4.27. The predicted molar refractivity (Wildman–Crippen MR) is 122 cm³/mol. The number of carbonyl (C=O) groups is 1. The van der Waals surface area contributed by atoms with Crippen LogP contribution in [0.5, 0.6) is 5.75 Å². The Hall–Kier alpha value is -3.65. The van der Waals surface area contributed by atoms with Crippen molar-refractivity contribution in [2.45, 2.75) is 26.3 Å². The van der Waals surface area contributed by atoms with Gasteiger partial charge in [-0.2, -0.15) is 10.2 Å². The first-order chi connectivity index (χ1) is 15.5. The maximum atomic E-state index is 13.2. The zero-order valence-electron chi connectivity index (χ0n) is 18.3. The lowest BCUT2D eigenvalue weighted by Gasteiger charge is -2.13. The van der Waals surface area contributed by atoms with Crippen LogP contribution in [0.3, 0.4) is 0 Å². The quantitative estimate of drug-likeness (QED) is 0.492. The van der Waals surface area contributed by atoms with E-state index in [-0.39, 0.29) is 11.9 Å². The molecule has 3 heterocycles. The molecule has 0 aliphatic carbocycles. The van der Waals surface area contributed by atoms with Crippen molar-refractivity contribution in [1.82, 2.24) is 20.0 Å². The number of H-pyrrole nitrogens is 1. The lowest BCUT2D eigenvalue weighted by molar-refractivity contribution is 0.102. The monoisotopic (exact) mass is 431 g/mol. The van der Waals surface area contributed by atoms with Crippen molar-refractivity contribution in [2.75, 3.05) is 25.6 Å². The molecule has 0 bridgehead atoms. The van der Waals surface area contributed by atoms with Crippen molar-refractivity contribution in [2.24, 2.45) is 0 Å². The number of rotatable bonds is 5. The number of aromatic nitrogens is 4. The Balaban J connectivity index is 1.53. The molecule has 2 aromatic heterocycles. The lowest BCUT2D eigenvalue weighted by Crippen LogP contribution is -2.15. The Bertz CT molecular complexity index is 1280. The van der Waals surface area contributed by atoms with Crippen LogP contribution in [0.15, 0.2) is 42.7 Å². The summed E-state index contributed by atoms with van der Waals surface area (Å²) in [6.45, 7) is 5.38. The van der Waals surface area contributed by atoms with Gasteiger partial charge in [-0.3, -0.25) is 14.6 Å². The molecule has 0 spiro atoms. The minimum Gasteiger partial charge on any atom is -0.496 e. The number of hydrogen-bond acceptors (Lipinski definition) is 5. The molecule has 8 heteroatoms. The largest absolute Gasteiger partial charge is 0.496 e. The fraction of sp³-hybridized carbons (Fsp3) is 0.292. The van der Waals surface area contributed by atoms with Crippen molar-refractivity contribution in [3.8, 4) is 17.0 Å². The zero-order chi connectivity index (χ0) is 22.2. The number of nitrogens with zero attached hydrogens (tertiary/aromatic N) is 3. The second-order valence-corrected chi connectivity index (χ2v) is 8.12. The van der Waals surface area contributed by atoms with Gasteiger partial charge in [0.05, 0.1) is 37.0 Å². The molecular formula is C24H25N5O3. The highest BCUT2D eigenvalue weighted by molar-refractivity contribution is 6.10. The Morgan fingerprint density at radius 3 is 2.81 bits per heavy atom. The first-order valence-electron chi connectivity index (χ1n) is 10.6. The molecular weight excluding hydrogens is 406 g/mol. The molecule has 164 valence electrons. The van der Waals surface area contributed by atoms with Gasteiger partial charge in [0, 0.05) is 35.5 Å². The minimum atomic E-state index is -0.230. The third-order valence-electron chi connectivity index (χ3n) is 6.00. The molecule has 0 saturated carbocycles. The molecule has 0 radical (unpaired) electrons. The molecule has 1 unspecified atom stereocenters. The SMILES string of the molecule is COc1cc2[nH]nc(-c3cnn(C4CCOC4)c3)c2cc1C(=O)Nc1c(C)cccc1C. The molecule has 32 heavy (non-hydrogen) atoms. The van der Waals surface area contributed by atoms with Gasteiger partial charge in [0.25, 0.3) is 5.91 Å². The van der Waals surface area contributed by atoms with Crippen LogP contribution in [0.25, 0.3) is 22.2 Å². The summed E-state index contributed by atoms with van der Waals surface area (Å²) < 4.78 is 12.9. The van der Waals surface area contributed by atoms with Crippen LogP contribution < -0.4 is 10.1 Å². The molecule has 5 rings (SSSR count). The highest BCUT2D eigenvalue weighted by Gasteiger charge is 2.22. The van der Waals surface area contributed by atoms with Gasteiger partial charge in [-0.25, -0.2) is 0 Å². The highest BCUT2D eigenvalue weighted by atomic mass is 16.5. The van der Waals surface area contributed by atoms with Gasteiger partial charge >= 0.3 is 0 Å². The van der Waals surface area contributed by atoms with Gasteiger partial charge in [-0.15, -0.1) is 0 Å².